The van der Waals surface area contributed by atoms with Gasteiger partial charge in [0, 0.05) is 27.7 Å². The van der Waals surface area contributed by atoms with Gasteiger partial charge in [-0.1, -0.05) is 23.7 Å². The van der Waals surface area contributed by atoms with Gasteiger partial charge in [-0.15, -0.1) is 11.3 Å². The Morgan fingerprint density at radius 2 is 1.80 bits per heavy atom. The monoisotopic (exact) mass is 368 g/mol. The normalized spacial score (nSPS) is 16.5. The van der Waals surface area contributed by atoms with E-state index >= 15 is 0 Å². The zero-order valence-corrected chi connectivity index (χ0v) is 15.1. The van der Waals surface area contributed by atoms with Gasteiger partial charge in [0.15, 0.2) is 0 Å². The van der Waals surface area contributed by atoms with E-state index in [-0.39, 0.29) is 11.9 Å². The fourth-order valence-corrected chi connectivity index (χ4v) is 4.36. The Hall–Kier alpha value is -2.30. The molecule has 1 aliphatic heterocycles. The van der Waals surface area contributed by atoms with Crippen LogP contribution in [0.4, 0.5) is 5.69 Å². The van der Waals surface area contributed by atoms with Gasteiger partial charge in [0.1, 0.15) is 0 Å². The first kappa shape index (κ1) is 16.2. The average Bonchev–Trinajstić information content (AvgIpc) is 3.10. The van der Waals surface area contributed by atoms with Crippen molar-refractivity contribution in [1.82, 2.24) is 4.90 Å². The van der Waals surface area contributed by atoms with Crippen LogP contribution in [-0.4, -0.2) is 17.4 Å². The molecule has 2 aromatic carbocycles. The molecular formula is C20H17ClN2OS. The highest BCUT2D eigenvalue weighted by Crippen LogP contribution is 2.38. The lowest BCUT2D eigenvalue weighted by atomic mass is 9.92. The summed E-state index contributed by atoms with van der Waals surface area (Å²) in [5.41, 5.74) is 9.35. The number of fused-ring (bicyclic) bond motifs is 1. The summed E-state index contributed by atoms with van der Waals surface area (Å²) in [6.45, 7) is 0.698. The van der Waals surface area contributed by atoms with Crippen LogP contribution in [-0.2, 0) is 6.42 Å². The van der Waals surface area contributed by atoms with Crippen molar-refractivity contribution < 1.29 is 4.79 Å². The van der Waals surface area contributed by atoms with Crippen molar-refractivity contribution in [3.8, 4) is 0 Å². The van der Waals surface area contributed by atoms with Crippen molar-refractivity contribution >= 4 is 34.5 Å². The molecule has 3 nitrogen and oxygen atoms in total. The summed E-state index contributed by atoms with van der Waals surface area (Å²) >= 11 is 7.81. The fourth-order valence-electron chi connectivity index (χ4n) is 3.33. The quantitative estimate of drug-likeness (QED) is 0.662. The predicted octanol–water partition coefficient (Wildman–Crippen LogP) is 4.77. The Balaban J connectivity index is 1.76. The van der Waals surface area contributed by atoms with Gasteiger partial charge in [-0.05, 0) is 65.4 Å². The van der Waals surface area contributed by atoms with E-state index < -0.39 is 0 Å². The van der Waals surface area contributed by atoms with Crippen LogP contribution >= 0.6 is 22.9 Å². The van der Waals surface area contributed by atoms with Crippen LogP contribution in [0.15, 0.2) is 60.0 Å². The summed E-state index contributed by atoms with van der Waals surface area (Å²) in [6, 6.07) is 16.9. The standard InChI is InChI=1S/C20H17ClN2OS/c21-15-5-1-13(2-6-15)19-17-10-12-25-18(17)9-11-23(19)20(24)14-3-7-16(22)8-4-14/h1-8,10,12,19H,9,11,22H2. The Morgan fingerprint density at radius 3 is 2.52 bits per heavy atom. The number of hydrogen-bond donors (Lipinski definition) is 1. The Morgan fingerprint density at radius 1 is 1.08 bits per heavy atom. The molecule has 2 N–H and O–H groups in total. The number of hydrogen-bond acceptors (Lipinski definition) is 3. The van der Waals surface area contributed by atoms with Gasteiger partial charge in [0.25, 0.3) is 5.91 Å². The fraction of sp³-hybridized carbons (Fsp3) is 0.150. The van der Waals surface area contributed by atoms with E-state index in [0.29, 0.717) is 22.8 Å². The van der Waals surface area contributed by atoms with Gasteiger partial charge in [0.05, 0.1) is 6.04 Å². The topological polar surface area (TPSA) is 46.3 Å². The molecule has 0 radical (unpaired) electrons. The summed E-state index contributed by atoms with van der Waals surface area (Å²) in [6.07, 6.45) is 0.887. The number of halogens is 1. The third kappa shape index (κ3) is 3.03. The average molecular weight is 369 g/mol. The lowest BCUT2D eigenvalue weighted by molar-refractivity contribution is 0.0696. The Kier molecular flexibility index (Phi) is 4.24. The molecule has 0 saturated carbocycles. The van der Waals surface area contributed by atoms with Crippen molar-refractivity contribution in [1.29, 1.82) is 0 Å². The largest absolute Gasteiger partial charge is 0.399 e. The second-order valence-electron chi connectivity index (χ2n) is 6.12. The minimum atomic E-state index is -0.0858. The molecule has 0 fully saturated rings. The van der Waals surface area contributed by atoms with Gasteiger partial charge in [0.2, 0.25) is 0 Å². The summed E-state index contributed by atoms with van der Waals surface area (Å²) in [5, 5.41) is 2.80. The zero-order chi connectivity index (χ0) is 17.4. The molecule has 5 heteroatoms. The minimum Gasteiger partial charge on any atom is -0.399 e. The van der Waals surface area contributed by atoms with E-state index in [9.17, 15) is 4.79 Å². The van der Waals surface area contributed by atoms with Crippen molar-refractivity contribution in [3.05, 3.63) is 86.6 Å². The van der Waals surface area contributed by atoms with Crippen molar-refractivity contribution in [2.24, 2.45) is 0 Å². The van der Waals surface area contributed by atoms with Crippen LogP contribution in [0.5, 0.6) is 0 Å². The Bertz CT molecular complexity index is 902. The van der Waals surface area contributed by atoms with E-state index in [0.717, 1.165) is 12.0 Å². The summed E-state index contributed by atoms with van der Waals surface area (Å²) in [4.78, 5) is 16.5. The number of carbonyl (C=O) groups is 1. The molecule has 25 heavy (non-hydrogen) atoms. The maximum atomic E-state index is 13.2. The molecule has 1 atom stereocenters. The van der Waals surface area contributed by atoms with Crippen LogP contribution in [0.3, 0.4) is 0 Å². The molecule has 0 bridgehead atoms. The first-order chi connectivity index (χ1) is 12.1. The molecule has 1 aliphatic rings. The van der Waals surface area contributed by atoms with E-state index in [1.807, 2.05) is 29.2 Å². The van der Waals surface area contributed by atoms with E-state index in [2.05, 4.69) is 11.4 Å². The highest BCUT2D eigenvalue weighted by atomic mass is 35.5. The van der Waals surface area contributed by atoms with Gasteiger partial charge in [-0.3, -0.25) is 4.79 Å². The molecule has 4 rings (SSSR count). The van der Waals surface area contributed by atoms with E-state index in [4.69, 9.17) is 17.3 Å². The van der Waals surface area contributed by atoms with Crippen LogP contribution in [0.25, 0.3) is 0 Å². The second-order valence-corrected chi connectivity index (χ2v) is 7.56. The SMILES string of the molecule is Nc1ccc(C(=O)N2CCc3sccc3C2c2ccc(Cl)cc2)cc1. The minimum absolute atomic E-state index is 0.0248. The first-order valence-electron chi connectivity index (χ1n) is 8.12. The zero-order valence-electron chi connectivity index (χ0n) is 13.5. The number of nitrogen functional groups attached to an aromatic ring is 1. The van der Waals surface area contributed by atoms with Gasteiger partial charge in [-0.25, -0.2) is 0 Å². The first-order valence-corrected chi connectivity index (χ1v) is 9.37. The van der Waals surface area contributed by atoms with Gasteiger partial charge >= 0.3 is 0 Å². The number of nitrogens with zero attached hydrogens (tertiary/aromatic N) is 1. The molecule has 0 saturated heterocycles. The molecule has 0 spiro atoms. The molecule has 1 aromatic heterocycles. The van der Waals surface area contributed by atoms with Crippen LogP contribution in [0, 0.1) is 0 Å². The third-order valence-corrected chi connectivity index (χ3v) is 5.82. The molecular weight excluding hydrogens is 352 g/mol. The van der Waals surface area contributed by atoms with Gasteiger partial charge < -0.3 is 10.6 Å². The highest BCUT2D eigenvalue weighted by Gasteiger charge is 2.33. The van der Waals surface area contributed by atoms with Crippen LogP contribution in [0.2, 0.25) is 5.02 Å². The van der Waals surface area contributed by atoms with Gasteiger partial charge in [-0.2, -0.15) is 0 Å². The number of benzene rings is 2. The summed E-state index contributed by atoms with van der Waals surface area (Å²) < 4.78 is 0. The molecule has 3 aromatic rings. The second kappa shape index (κ2) is 6.54. The number of rotatable bonds is 2. The highest BCUT2D eigenvalue weighted by molar-refractivity contribution is 7.10. The smallest absolute Gasteiger partial charge is 0.254 e. The molecule has 2 heterocycles. The van der Waals surface area contributed by atoms with E-state index in [1.54, 1.807) is 35.6 Å². The third-order valence-electron chi connectivity index (χ3n) is 4.57. The van der Waals surface area contributed by atoms with Crippen molar-refractivity contribution in [3.63, 3.8) is 0 Å². The summed E-state index contributed by atoms with van der Waals surface area (Å²) in [7, 11) is 0. The van der Waals surface area contributed by atoms with Crippen LogP contribution < -0.4 is 5.73 Å². The molecule has 1 unspecified atom stereocenters. The number of nitrogens with two attached hydrogens (primary N) is 1. The van der Waals surface area contributed by atoms with Crippen molar-refractivity contribution in [2.75, 3.05) is 12.3 Å². The number of amides is 1. The maximum absolute atomic E-state index is 13.2. The van der Waals surface area contributed by atoms with Crippen LogP contribution in [0.1, 0.15) is 32.4 Å². The lowest BCUT2D eigenvalue weighted by Crippen LogP contribution is -2.40. The number of carbonyl (C=O) groups excluding carboxylic acids is 1. The molecule has 0 aliphatic carbocycles. The lowest BCUT2D eigenvalue weighted by Gasteiger charge is -2.36. The summed E-state index contributed by atoms with van der Waals surface area (Å²) in [5.74, 6) is 0.0248. The van der Waals surface area contributed by atoms with Crippen molar-refractivity contribution in [2.45, 2.75) is 12.5 Å². The number of thiophene rings is 1. The number of anilines is 1. The molecule has 126 valence electrons. The van der Waals surface area contributed by atoms with E-state index in [1.165, 1.54) is 10.4 Å². The predicted molar refractivity (Wildman–Crippen MR) is 103 cm³/mol. The maximum Gasteiger partial charge on any atom is 0.254 e. The Labute approximate surface area is 155 Å². The molecule has 1 amide bonds.